The molecule has 0 radical (unpaired) electrons. The van der Waals surface area contributed by atoms with Gasteiger partial charge in [-0.2, -0.15) is 4.31 Å². The van der Waals surface area contributed by atoms with Gasteiger partial charge in [0.05, 0.1) is 10.6 Å². The highest BCUT2D eigenvalue weighted by Crippen LogP contribution is 2.24. The van der Waals surface area contributed by atoms with Gasteiger partial charge in [0.25, 0.3) is 0 Å². The number of nitrogens with zero attached hydrogens (tertiary/aromatic N) is 3. The highest BCUT2D eigenvalue weighted by atomic mass is 32.2. The van der Waals surface area contributed by atoms with E-state index in [1.807, 2.05) is 6.92 Å². The molecule has 8 nitrogen and oxygen atoms in total. The summed E-state index contributed by atoms with van der Waals surface area (Å²) in [4.78, 5) is 14.8. The van der Waals surface area contributed by atoms with Crippen molar-refractivity contribution in [2.45, 2.75) is 43.9 Å². The molecule has 32 heavy (non-hydrogen) atoms. The summed E-state index contributed by atoms with van der Waals surface area (Å²) >= 11 is 0. The minimum Gasteiger partial charge on any atom is -0.341 e. The SMILES string of the molecule is CCCCS(=O)(=O)N1CCC(C(=O)N2CCCN(S(=O)(=O)c3ccc(F)cc3)CC2)CC1. The van der Waals surface area contributed by atoms with Gasteiger partial charge in [0, 0.05) is 45.2 Å². The van der Waals surface area contributed by atoms with E-state index in [0.29, 0.717) is 45.3 Å². The standard InChI is InChI=1S/C21H32FN3O5S2/c1-2-3-17-31(27,28)24-13-9-18(10-14-24)21(26)23-11-4-12-25(16-15-23)32(29,30)20-7-5-19(22)6-8-20/h5-8,18H,2-4,9-17H2,1H3. The molecule has 1 aromatic rings. The molecule has 2 heterocycles. The van der Waals surface area contributed by atoms with Crippen molar-refractivity contribution < 1.29 is 26.0 Å². The van der Waals surface area contributed by atoms with Gasteiger partial charge in [-0.05, 0) is 49.9 Å². The molecule has 0 unspecified atom stereocenters. The lowest BCUT2D eigenvalue weighted by atomic mass is 9.96. The number of hydrogen-bond donors (Lipinski definition) is 0. The van der Waals surface area contributed by atoms with Crippen molar-refractivity contribution in [3.8, 4) is 0 Å². The number of sulfonamides is 2. The quantitative estimate of drug-likeness (QED) is 0.583. The molecule has 1 amide bonds. The zero-order valence-electron chi connectivity index (χ0n) is 18.4. The minimum absolute atomic E-state index is 0.0309. The van der Waals surface area contributed by atoms with Gasteiger partial charge < -0.3 is 4.90 Å². The van der Waals surface area contributed by atoms with E-state index in [1.165, 1.54) is 20.7 Å². The number of halogens is 1. The molecule has 2 aliphatic rings. The smallest absolute Gasteiger partial charge is 0.243 e. The lowest BCUT2D eigenvalue weighted by Crippen LogP contribution is -2.46. The van der Waals surface area contributed by atoms with Crippen LogP contribution in [0.5, 0.6) is 0 Å². The van der Waals surface area contributed by atoms with Crippen LogP contribution >= 0.6 is 0 Å². The number of unbranched alkanes of at least 4 members (excludes halogenated alkanes) is 1. The van der Waals surface area contributed by atoms with Gasteiger partial charge in [0.15, 0.2) is 0 Å². The van der Waals surface area contributed by atoms with Crippen LogP contribution in [0.3, 0.4) is 0 Å². The Morgan fingerprint density at radius 1 is 0.938 bits per heavy atom. The second kappa shape index (κ2) is 10.6. The Balaban J connectivity index is 1.56. The number of carbonyl (C=O) groups excluding carboxylic acids is 1. The molecule has 3 rings (SSSR count). The van der Waals surface area contributed by atoms with Crippen molar-refractivity contribution in [3.05, 3.63) is 30.1 Å². The molecule has 2 saturated heterocycles. The maximum atomic E-state index is 13.2. The van der Waals surface area contributed by atoms with E-state index in [0.717, 1.165) is 18.6 Å². The topological polar surface area (TPSA) is 95.1 Å². The highest BCUT2D eigenvalue weighted by molar-refractivity contribution is 7.89. The summed E-state index contributed by atoms with van der Waals surface area (Å²) in [6.45, 7) is 3.86. The van der Waals surface area contributed by atoms with E-state index >= 15 is 0 Å². The third-order valence-electron chi connectivity index (χ3n) is 6.17. The van der Waals surface area contributed by atoms with Crippen molar-refractivity contribution in [2.24, 2.45) is 5.92 Å². The van der Waals surface area contributed by atoms with Crippen molar-refractivity contribution in [1.29, 1.82) is 0 Å². The van der Waals surface area contributed by atoms with Gasteiger partial charge in [-0.3, -0.25) is 4.79 Å². The molecule has 0 bridgehead atoms. The Bertz CT molecular complexity index is 991. The molecule has 1 aromatic carbocycles. The fourth-order valence-electron chi connectivity index (χ4n) is 4.21. The van der Waals surface area contributed by atoms with E-state index < -0.39 is 25.9 Å². The lowest BCUT2D eigenvalue weighted by Gasteiger charge is -2.33. The number of rotatable bonds is 7. The van der Waals surface area contributed by atoms with Gasteiger partial charge in [-0.15, -0.1) is 0 Å². The molecule has 11 heteroatoms. The minimum atomic E-state index is -3.75. The molecule has 0 N–H and O–H groups in total. The van der Waals surface area contributed by atoms with Crippen LogP contribution < -0.4 is 0 Å². The predicted octanol–water partition coefficient (Wildman–Crippen LogP) is 1.89. The van der Waals surface area contributed by atoms with Crippen molar-refractivity contribution in [1.82, 2.24) is 13.5 Å². The third-order valence-corrected chi connectivity index (χ3v) is 10.0. The zero-order chi connectivity index (χ0) is 23.4. The first-order valence-corrected chi connectivity index (χ1v) is 14.2. The van der Waals surface area contributed by atoms with E-state index in [2.05, 4.69) is 0 Å². The summed E-state index contributed by atoms with van der Waals surface area (Å²) in [6, 6.07) is 4.74. The average Bonchev–Trinajstić information content (AvgIpc) is 3.04. The summed E-state index contributed by atoms with van der Waals surface area (Å²) in [5, 5.41) is 0. The maximum Gasteiger partial charge on any atom is 0.243 e. The van der Waals surface area contributed by atoms with Crippen LogP contribution in [-0.4, -0.2) is 81.3 Å². The van der Waals surface area contributed by atoms with Gasteiger partial charge in [0.2, 0.25) is 26.0 Å². The second-order valence-electron chi connectivity index (χ2n) is 8.38. The van der Waals surface area contributed by atoms with Crippen LogP contribution in [0.25, 0.3) is 0 Å². The summed E-state index contributed by atoms with van der Waals surface area (Å²) in [7, 11) is -7.02. The second-order valence-corrected chi connectivity index (χ2v) is 12.4. The molecule has 0 spiro atoms. The highest BCUT2D eigenvalue weighted by Gasteiger charge is 2.34. The van der Waals surface area contributed by atoms with Crippen molar-refractivity contribution in [3.63, 3.8) is 0 Å². The van der Waals surface area contributed by atoms with Gasteiger partial charge in [0.1, 0.15) is 5.82 Å². The van der Waals surface area contributed by atoms with Crippen LogP contribution in [-0.2, 0) is 24.8 Å². The summed E-state index contributed by atoms with van der Waals surface area (Å²) in [5.41, 5.74) is 0. The van der Waals surface area contributed by atoms with E-state index in [1.54, 1.807) is 4.90 Å². The van der Waals surface area contributed by atoms with E-state index in [9.17, 15) is 26.0 Å². The molecule has 2 fully saturated rings. The molecule has 2 aliphatic heterocycles. The van der Waals surface area contributed by atoms with Crippen LogP contribution in [0.2, 0.25) is 0 Å². The number of hydrogen-bond acceptors (Lipinski definition) is 5. The fourth-order valence-corrected chi connectivity index (χ4v) is 7.35. The Labute approximate surface area is 190 Å². The van der Waals surface area contributed by atoms with Crippen LogP contribution in [0, 0.1) is 11.7 Å². The monoisotopic (exact) mass is 489 g/mol. The van der Waals surface area contributed by atoms with Gasteiger partial charge in [-0.1, -0.05) is 13.3 Å². The Hall–Kier alpha value is -1.56. The van der Waals surface area contributed by atoms with Gasteiger partial charge in [-0.25, -0.2) is 25.5 Å². The van der Waals surface area contributed by atoms with E-state index in [4.69, 9.17) is 0 Å². The summed E-state index contributed by atoms with van der Waals surface area (Å²) < 4.78 is 66.5. The fraction of sp³-hybridized carbons (Fsp3) is 0.667. The molecular formula is C21H32FN3O5S2. The van der Waals surface area contributed by atoms with Crippen LogP contribution in [0.15, 0.2) is 29.2 Å². The number of amides is 1. The number of piperidine rings is 1. The first-order valence-electron chi connectivity index (χ1n) is 11.2. The average molecular weight is 490 g/mol. The predicted molar refractivity (Wildman–Crippen MR) is 119 cm³/mol. The molecule has 0 saturated carbocycles. The molecule has 0 aromatic heterocycles. The van der Waals surface area contributed by atoms with Crippen LogP contribution in [0.1, 0.15) is 39.0 Å². The zero-order valence-corrected chi connectivity index (χ0v) is 20.1. The number of carbonyl (C=O) groups is 1. The largest absolute Gasteiger partial charge is 0.341 e. The first kappa shape index (κ1) is 25.1. The van der Waals surface area contributed by atoms with Crippen molar-refractivity contribution >= 4 is 26.0 Å². The number of benzene rings is 1. The Morgan fingerprint density at radius 3 is 2.22 bits per heavy atom. The van der Waals surface area contributed by atoms with E-state index in [-0.39, 0.29) is 42.1 Å². The summed E-state index contributed by atoms with van der Waals surface area (Å²) in [5.74, 6) is -0.627. The Morgan fingerprint density at radius 2 is 1.59 bits per heavy atom. The van der Waals surface area contributed by atoms with Crippen molar-refractivity contribution in [2.75, 3.05) is 45.0 Å². The van der Waals surface area contributed by atoms with Crippen LogP contribution in [0.4, 0.5) is 4.39 Å². The molecule has 0 atom stereocenters. The summed E-state index contributed by atoms with van der Waals surface area (Å²) in [6.07, 6.45) is 2.93. The normalized spacial score (nSPS) is 20.2. The Kier molecular flexibility index (Phi) is 8.29. The molecule has 180 valence electrons. The first-order chi connectivity index (χ1) is 15.1. The third kappa shape index (κ3) is 5.86. The molecule has 0 aliphatic carbocycles. The lowest BCUT2D eigenvalue weighted by molar-refractivity contribution is -0.136. The molecular weight excluding hydrogens is 457 g/mol. The maximum absolute atomic E-state index is 13.2. The van der Waals surface area contributed by atoms with Gasteiger partial charge >= 0.3 is 0 Å².